The summed E-state index contributed by atoms with van der Waals surface area (Å²) in [7, 11) is 0. The van der Waals surface area contributed by atoms with E-state index in [-0.39, 0.29) is 13.0 Å². The Labute approximate surface area is 114 Å². The normalized spacial score (nSPS) is 10.4. The van der Waals surface area contributed by atoms with Gasteiger partial charge in [-0.1, -0.05) is 23.7 Å². The number of aliphatic carboxylic acids is 1. The van der Waals surface area contributed by atoms with Gasteiger partial charge in [0.1, 0.15) is 11.5 Å². The van der Waals surface area contributed by atoms with Crippen molar-refractivity contribution in [2.75, 3.05) is 0 Å². The van der Waals surface area contributed by atoms with E-state index >= 15 is 0 Å². The van der Waals surface area contributed by atoms with E-state index in [2.05, 4.69) is 4.98 Å². The van der Waals surface area contributed by atoms with Crippen LogP contribution in [0.5, 0.6) is 5.75 Å². The number of aromatic nitrogens is 1. The largest absolute Gasteiger partial charge is 0.482 e. The molecule has 0 bridgehead atoms. The van der Waals surface area contributed by atoms with Crippen LogP contribution in [0, 0.1) is 6.92 Å². The van der Waals surface area contributed by atoms with Crippen LogP contribution >= 0.6 is 11.6 Å². The molecule has 6 heteroatoms. The first-order chi connectivity index (χ1) is 9.06. The van der Waals surface area contributed by atoms with E-state index in [9.17, 15) is 4.79 Å². The van der Waals surface area contributed by atoms with Crippen LogP contribution in [0.4, 0.5) is 0 Å². The summed E-state index contributed by atoms with van der Waals surface area (Å²) in [5, 5.41) is 9.21. The number of aryl methyl sites for hydroxylation is 1. The van der Waals surface area contributed by atoms with E-state index < -0.39 is 5.97 Å². The second kappa shape index (κ2) is 5.75. The van der Waals surface area contributed by atoms with Crippen LogP contribution in [0.25, 0.3) is 0 Å². The number of oxazole rings is 1. The molecule has 0 aliphatic carbocycles. The van der Waals surface area contributed by atoms with E-state index in [0.717, 1.165) is 0 Å². The number of ether oxygens (including phenoxy) is 1. The second-order valence-corrected chi connectivity index (χ2v) is 4.31. The van der Waals surface area contributed by atoms with Gasteiger partial charge in [0.15, 0.2) is 6.61 Å². The summed E-state index contributed by atoms with van der Waals surface area (Å²) in [6.45, 7) is 1.77. The van der Waals surface area contributed by atoms with E-state index in [4.69, 9.17) is 25.9 Å². The van der Waals surface area contributed by atoms with Gasteiger partial charge in [0.05, 0.1) is 17.1 Å². The lowest BCUT2D eigenvalue weighted by atomic mass is 10.3. The highest BCUT2D eigenvalue weighted by atomic mass is 35.5. The van der Waals surface area contributed by atoms with Crippen LogP contribution in [0.3, 0.4) is 0 Å². The highest BCUT2D eigenvalue weighted by Crippen LogP contribution is 2.24. The molecule has 1 aromatic heterocycles. The van der Waals surface area contributed by atoms with E-state index in [1.54, 1.807) is 31.2 Å². The van der Waals surface area contributed by atoms with Gasteiger partial charge < -0.3 is 14.3 Å². The van der Waals surface area contributed by atoms with Gasteiger partial charge >= 0.3 is 5.97 Å². The summed E-state index contributed by atoms with van der Waals surface area (Å²) in [5.41, 5.74) is 0.408. The van der Waals surface area contributed by atoms with Crippen LogP contribution in [0.1, 0.15) is 17.3 Å². The molecule has 0 unspecified atom stereocenters. The summed E-state index contributed by atoms with van der Waals surface area (Å²) < 4.78 is 10.8. The first-order valence-corrected chi connectivity index (χ1v) is 5.98. The number of carboxylic acid groups (broad SMARTS) is 1. The van der Waals surface area contributed by atoms with Crippen LogP contribution in [-0.4, -0.2) is 16.1 Å². The monoisotopic (exact) mass is 281 g/mol. The highest BCUT2D eigenvalue weighted by Gasteiger charge is 2.13. The quantitative estimate of drug-likeness (QED) is 0.912. The molecule has 0 spiro atoms. The Morgan fingerprint density at radius 2 is 2.21 bits per heavy atom. The average molecular weight is 282 g/mol. The Morgan fingerprint density at radius 1 is 1.47 bits per heavy atom. The molecule has 0 saturated carbocycles. The average Bonchev–Trinajstić information content (AvgIpc) is 2.68. The first-order valence-electron chi connectivity index (χ1n) is 5.60. The number of para-hydroxylation sites is 1. The standard InChI is InChI=1S/C13H12ClNO4/c1-8-10(6-13(16)17)15-12(19-8)7-18-11-5-3-2-4-9(11)14/h2-5H,6-7H2,1H3,(H,16,17). The number of hydrogen-bond donors (Lipinski definition) is 1. The van der Waals surface area contributed by atoms with Gasteiger partial charge in [0.2, 0.25) is 5.89 Å². The zero-order valence-electron chi connectivity index (χ0n) is 10.2. The Morgan fingerprint density at radius 3 is 2.89 bits per heavy atom. The molecule has 0 aliphatic rings. The maximum atomic E-state index is 10.6. The topological polar surface area (TPSA) is 72.6 Å². The van der Waals surface area contributed by atoms with Crippen LogP contribution in [-0.2, 0) is 17.8 Å². The molecule has 0 atom stereocenters. The molecule has 0 amide bonds. The van der Waals surface area contributed by atoms with Gasteiger partial charge in [-0.05, 0) is 19.1 Å². The molecule has 2 rings (SSSR count). The maximum absolute atomic E-state index is 10.6. The van der Waals surface area contributed by atoms with Gasteiger partial charge in [-0.2, -0.15) is 0 Å². The fourth-order valence-electron chi connectivity index (χ4n) is 1.56. The third-order valence-corrected chi connectivity index (χ3v) is 2.76. The lowest BCUT2D eigenvalue weighted by Gasteiger charge is -2.04. The third-order valence-electron chi connectivity index (χ3n) is 2.44. The lowest BCUT2D eigenvalue weighted by molar-refractivity contribution is -0.136. The number of rotatable bonds is 5. The second-order valence-electron chi connectivity index (χ2n) is 3.90. The molecule has 0 aliphatic heterocycles. The predicted molar refractivity (Wildman–Crippen MR) is 68.4 cm³/mol. The molecule has 1 heterocycles. The molecule has 19 heavy (non-hydrogen) atoms. The third kappa shape index (κ3) is 3.48. The van der Waals surface area contributed by atoms with Gasteiger partial charge in [0, 0.05) is 0 Å². The molecule has 0 fully saturated rings. The minimum atomic E-state index is -0.949. The lowest BCUT2D eigenvalue weighted by Crippen LogP contribution is -2.02. The van der Waals surface area contributed by atoms with Crippen molar-refractivity contribution in [3.05, 3.63) is 46.6 Å². The Kier molecular flexibility index (Phi) is 4.06. The molecule has 100 valence electrons. The van der Waals surface area contributed by atoms with E-state index in [1.165, 1.54) is 0 Å². The molecule has 2 aromatic rings. The minimum absolute atomic E-state index is 0.101. The number of carbonyl (C=O) groups is 1. The summed E-state index contributed by atoms with van der Waals surface area (Å²) in [4.78, 5) is 14.7. The van der Waals surface area contributed by atoms with E-state index in [0.29, 0.717) is 28.1 Å². The van der Waals surface area contributed by atoms with Crippen LogP contribution in [0.2, 0.25) is 5.02 Å². The highest BCUT2D eigenvalue weighted by molar-refractivity contribution is 6.32. The predicted octanol–water partition coefficient (Wildman–Crippen LogP) is 2.84. The van der Waals surface area contributed by atoms with Crippen molar-refractivity contribution < 1.29 is 19.1 Å². The van der Waals surface area contributed by atoms with Crippen molar-refractivity contribution in [2.45, 2.75) is 20.0 Å². The Hall–Kier alpha value is -2.01. The maximum Gasteiger partial charge on any atom is 0.309 e. The van der Waals surface area contributed by atoms with Gasteiger partial charge in [-0.3, -0.25) is 4.79 Å². The van der Waals surface area contributed by atoms with Crippen molar-refractivity contribution in [3.8, 4) is 5.75 Å². The van der Waals surface area contributed by atoms with Crippen LogP contribution in [0.15, 0.2) is 28.7 Å². The zero-order valence-corrected chi connectivity index (χ0v) is 11.0. The fraction of sp³-hybridized carbons (Fsp3) is 0.231. The number of hydrogen-bond acceptors (Lipinski definition) is 4. The number of benzene rings is 1. The molecule has 0 saturated heterocycles. The number of carboxylic acids is 1. The van der Waals surface area contributed by atoms with Crippen molar-refractivity contribution in [1.29, 1.82) is 0 Å². The Bertz CT molecular complexity index is 594. The molecular formula is C13H12ClNO4. The Balaban J connectivity index is 2.04. The van der Waals surface area contributed by atoms with Crippen molar-refractivity contribution in [2.24, 2.45) is 0 Å². The number of halogens is 1. The van der Waals surface area contributed by atoms with Gasteiger partial charge in [-0.25, -0.2) is 4.98 Å². The minimum Gasteiger partial charge on any atom is -0.482 e. The zero-order chi connectivity index (χ0) is 13.8. The molecule has 1 aromatic carbocycles. The van der Waals surface area contributed by atoms with Gasteiger partial charge in [-0.15, -0.1) is 0 Å². The van der Waals surface area contributed by atoms with Gasteiger partial charge in [0.25, 0.3) is 0 Å². The SMILES string of the molecule is Cc1oc(COc2ccccc2Cl)nc1CC(=O)O. The molecule has 5 nitrogen and oxygen atoms in total. The summed E-state index contributed by atoms with van der Waals surface area (Å²) in [5.74, 6) is 0.392. The van der Waals surface area contributed by atoms with Crippen molar-refractivity contribution >= 4 is 17.6 Å². The summed E-state index contributed by atoms with van der Waals surface area (Å²) in [6, 6.07) is 7.05. The summed E-state index contributed by atoms with van der Waals surface area (Å²) >= 11 is 5.94. The van der Waals surface area contributed by atoms with Crippen molar-refractivity contribution in [1.82, 2.24) is 4.98 Å². The van der Waals surface area contributed by atoms with Crippen LogP contribution < -0.4 is 4.74 Å². The van der Waals surface area contributed by atoms with Crippen molar-refractivity contribution in [3.63, 3.8) is 0 Å². The summed E-state index contributed by atoms with van der Waals surface area (Å²) in [6.07, 6.45) is -0.165. The fourth-order valence-corrected chi connectivity index (χ4v) is 1.75. The number of nitrogens with zero attached hydrogens (tertiary/aromatic N) is 1. The molecule has 0 radical (unpaired) electrons. The van der Waals surface area contributed by atoms with E-state index in [1.807, 2.05) is 0 Å². The molecular weight excluding hydrogens is 270 g/mol. The first kappa shape index (κ1) is 13.4. The molecule has 1 N–H and O–H groups in total. The smallest absolute Gasteiger partial charge is 0.309 e.